The highest BCUT2D eigenvalue weighted by molar-refractivity contribution is 9.10. The molecule has 0 aliphatic carbocycles. The first-order chi connectivity index (χ1) is 8.67. The second-order valence-electron chi connectivity index (χ2n) is 3.55. The van der Waals surface area contributed by atoms with Crippen LogP contribution in [0.15, 0.2) is 22.7 Å². The number of halogens is 1. The Morgan fingerprint density at radius 1 is 1.50 bits per heavy atom. The maximum atomic E-state index is 11.4. The van der Waals surface area contributed by atoms with E-state index in [4.69, 9.17) is 14.6 Å². The van der Waals surface area contributed by atoms with Crippen LogP contribution in [0.4, 0.5) is 0 Å². The zero-order valence-electron chi connectivity index (χ0n) is 10.1. The maximum absolute atomic E-state index is 11.4. The van der Waals surface area contributed by atoms with Crippen molar-refractivity contribution in [2.45, 2.75) is 6.61 Å². The largest absolute Gasteiger partial charge is 0.483 e. The molecule has 0 spiro atoms. The lowest BCUT2D eigenvalue weighted by molar-refractivity contribution is -0.123. The molecule has 1 aromatic rings. The molecule has 0 fully saturated rings. The van der Waals surface area contributed by atoms with Crippen LogP contribution in [0.1, 0.15) is 5.56 Å². The van der Waals surface area contributed by atoms with Gasteiger partial charge < -0.3 is 19.9 Å². The fourth-order valence-corrected chi connectivity index (χ4v) is 1.79. The van der Waals surface area contributed by atoms with Crippen molar-refractivity contribution in [1.82, 2.24) is 5.32 Å². The zero-order valence-corrected chi connectivity index (χ0v) is 11.7. The third-order valence-corrected chi connectivity index (χ3v) is 2.79. The lowest BCUT2D eigenvalue weighted by Gasteiger charge is -2.09. The monoisotopic (exact) mass is 317 g/mol. The summed E-state index contributed by atoms with van der Waals surface area (Å²) in [5.41, 5.74) is 0.777. The van der Waals surface area contributed by atoms with Crippen molar-refractivity contribution in [3.63, 3.8) is 0 Å². The topological polar surface area (TPSA) is 67.8 Å². The Hall–Kier alpha value is -1.11. The number of nitrogens with one attached hydrogen (secondary N) is 1. The molecule has 2 N–H and O–H groups in total. The summed E-state index contributed by atoms with van der Waals surface area (Å²) < 4.78 is 10.9. The van der Waals surface area contributed by atoms with Crippen LogP contribution in [0.5, 0.6) is 5.75 Å². The molecular weight excluding hydrogens is 302 g/mol. The van der Waals surface area contributed by atoms with Gasteiger partial charge in [0.1, 0.15) is 5.75 Å². The molecule has 0 aliphatic rings. The number of ether oxygens (including phenoxy) is 2. The lowest BCUT2D eigenvalue weighted by Crippen LogP contribution is -2.31. The van der Waals surface area contributed by atoms with Crippen molar-refractivity contribution in [1.29, 1.82) is 0 Å². The van der Waals surface area contributed by atoms with Gasteiger partial charge in [-0.1, -0.05) is 6.07 Å². The van der Waals surface area contributed by atoms with Crippen LogP contribution in [0, 0.1) is 0 Å². The van der Waals surface area contributed by atoms with E-state index in [1.54, 1.807) is 25.3 Å². The van der Waals surface area contributed by atoms with Crippen molar-refractivity contribution in [3.05, 3.63) is 28.2 Å². The minimum atomic E-state index is -0.204. The normalized spacial score (nSPS) is 10.2. The Kier molecular flexibility index (Phi) is 6.70. The molecule has 0 aromatic heterocycles. The van der Waals surface area contributed by atoms with Gasteiger partial charge in [0.15, 0.2) is 6.61 Å². The quantitative estimate of drug-likeness (QED) is 0.739. The van der Waals surface area contributed by atoms with Gasteiger partial charge in [-0.3, -0.25) is 4.79 Å². The summed E-state index contributed by atoms with van der Waals surface area (Å²) in [7, 11) is 1.57. The number of hydrogen-bond donors (Lipinski definition) is 2. The summed E-state index contributed by atoms with van der Waals surface area (Å²) in [6.07, 6.45) is 0. The molecule has 0 unspecified atom stereocenters. The minimum Gasteiger partial charge on any atom is -0.483 e. The average molecular weight is 318 g/mol. The predicted octanol–water partition coefficient (Wildman–Crippen LogP) is 1.08. The van der Waals surface area contributed by atoms with Gasteiger partial charge in [0, 0.05) is 13.7 Å². The van der Waals surface area contributed by atoms with Crippen molar-refractivity contribution < 1.29 is 19.4 Å². The highest BCUT2D eigenvalue weighted by atomic mass is 79.9. The number of aliphatic hydroxyl groups excluding tert-OH is 1. The van der Waals surface area contributed by atoms with E-state index in [1.165, 1.54) is 0 Å². The highest BCUT2D eigenvalue weighted by Gasteiger charge is 2.05. The summed E-state index contributed by atoms with van der Waals surface area (Å²) in [4.78, 5) is 11.4. The Morgan fingerprint density at radius 2 is 2.28 bits per heavy atom. The number of hydrogen-bond acceptors (Lipinski definition) is 4. The average Bonchev–Trinajstić information content (AvgIpc) is 2.37. The molecule has 1 aromatic carbocycles. The van der Waals surface area contributed by atoms with E-state index >= 15 is 0 Å². The van der Waals surface area contributed by atoms with E-state index in [-0.39, 0.29) is 19.1 Å². The van der Waals surface area contributed by atoms with Gasteiger partial charge in [-0.05, 0) is 33.6 Å². The third kappa shape index (κ3) is 5.03. The predicted molar refractivity (Wildman–Crippen MR) is 70.4 cm³/mol. The number of carbonyl (C=O) groups is 1. The molecule has 5 nitrogen and oxygen atoms in total. The molecule has 100 valence electrons. The number of methoxy groups -OCH3 is 1. The van der Waals surface area contributed by atoms with Gasteiger partial charge in [0.2, 0.25) is 0 Å². The second-order valence-corrected chi connectivity index (χ2v) is 4.41. The first kappa shape index (κ1) is 14.9. The number of amides is 1. The van der Waals surface area contributed by atoms with E-state index in [0.717, 1.165) is 5.56 Å². The van der Waals surface area contributed by atoms with E-state index in [9.17, 15) is 4.79 Å². The van der Waals surface area contributed by atoms with E-state index < -0.39 is 0 Å². The first-order valence-electron chi connectivity index (χ1n) is 5.45. The van der Waals surface area contributed by atoms with E-state index in [1.807, 2.05) is 0 Å². The van der Waals surface area contributed by atoms with Gasteiger partial charge in [-0.25, -0.2) is 0 Å². The number of aliphatic hydroxyl groups is 1. The molecule has 6 heteroatoms. The molecular formula is C12H16BrNO4. The Balaban J connectivity index is 2.41. The maximum Gasteiger partial charge on any atom is 0.258 e. The van der Waals surface area contributed by atoms with Gasteiger partial charge >= 0.3 is 0 Å². The SMILES string of the molecule is COCCNC(=O)COc1ccc(CO)cc1Br. The van der Waals surface area contributed by atoms with Crippen LogP contribution in [-0.4, -0.2) is 37.9 Å². The molecule has 1 amide bonds. The third-order valence-electron chi connectivity index (χ3n) is 2.17. The van der Waals surface area contributed by atoms with Crippen LogP contribution in [0.25, 0.3) is 0 Å². The van der Waals surface area contributed by atoms with Crippen LogP contribution >= 0.6 is 15.9 Å². The van der Waals surface area contributed by atoms with Crippen LogP contribution in [0.3, 0.4) is 0 Å². The summed E-state index contributed by atoms with van der Waals surface area (Å²) in [5.74, 6) is 0.360. The summed E-state index contributed by atoms with van der Waals surface area (Å²) in [6.45, 7) is 0.848. The fraction of sp³-hybridized carbons (Fsp3) is 0.417. The standard InChI is InChI=1S/C12H16BrNO4/c1-17-5-4-14-12(16)8-18-11-3-2-9(7-15)6-10(11)13/h2-3,6,15H,4-5,7-8H2,1H3,(H,14,16). The van der Waals surface area contributed by atoms with Crippen molar-refractivity contribution >= 4 is 21.8 Å². The van der Waals surface area contributed by atoms with E-state index in [2.05, 4.69) is 21.2 Å². The molecule has 0 heterocycles. The molecule has 1 rings (SSSR count). The highest BCUT2D eigenvalue weighted by Crippen LogP contribution is 2.25. The van der Waals surface area contributed by atoms with Gasteiger partial charge in [-0.2, -0.15) is 0 Å². The Labute approximate surface area is 114 Å². The number of rotatable bonds is 7. The van der Waals surface area contributed by atoms with Crippen LogP contribution < -0.4 is 10.1 Å². The van der Waals surface area contributed by atoms with Crippen LogP contribution in [0.2, 0.25) is 0 Å². The smallest absolute Gasteiger partial charge is 0.258 e. The van der Waals surface area contributed by atoms with Gasteiger partial charge in [0.05, 0.1) is 17.7 Å². The van der Waals surface area contributed by atoms with E-state index in [0.29, 0.717) is 23.4 Å². The van der Waals surface area contributed by atoms with Crippen molar-refractivity contribution in [2.75, 3.05) is 26.9 Å². The number of benzene rings is 1. The summed E-state index contributed by atoms with van der Waals surface area (Å²) >= 11 is 3.31. The fourth-order valence-electron chi connectivity index (χ4n) is 1.25. The molecule has 0 radical (unpaired) electrons. The molecule has 0 bridgehead atoms. The summed E-state index contributed by atoms with van der Waals surface area (Å²) in [6, 6.07) is 5.19. The molecule has 0 aliphatic heterocycles. The Morgan fingerprint density at radius 3 is 2.89 bits per heavy atom. The van der Waals surface area contributed by atoms with Gasteiger partial charge in [0.25, 0.3) is 5.91 Å². The minimum absolute atomic E-state index is 0.0314. The van der Waals surface area contributed by atoms with Crippen molar-refractivity contribution in [3.8, 4) is 5.75 Å². The Bertz CT molecular complexity index is 398. The molecule has 0 saturated carbocycles. The molecule has 0 atom stereocenters. The lowest BCUT2D eigenvalue weighted by atomic mass is 10.2. The first-order valence-corrected chi connectivity index (χ1v) is 6.24. The second kappa shape index (κ2) is 8.07. The van der Waals surface area contributed by atoms with Gasteiger partial charge in [-0.15, -0.1) is 0 Å². The molecule has 0 saturated heterocycles. The molecule has 18 heavy (non-hydrogen) atoms. The van der Waals surface area contributed by atoms with Crippen LogP contribution in [-0.2, 0) is 16.1 Å². The number of carbonyl (C=O) groups excluding carboxylic acids is 1. The summed E-state index contributed by atoms with van der Waals surface area (Å²) in [5, 5.41) is 11.6. The van der Waals surface area contributed by atoms with Crippen molar-refractivity contribution in [2.24, 2.45) is 0 Å². The zero-order chi connectivity index (χ0) is 13.4.